The first-order valence-electron chi connectivity index (χ1n) is 16.5. The van der Waals surface area contributed by atoms with Crippen LogP contribution >= 0.6 is 0 Å². The first-order valence-corrected chi connectivity index (χ1v) is 16.5. The predicted octanol–water partition coefficient (Wildman–Crippen LogP) is 10.6. The third-order valence-corrected chi connectivity index (χ3v) is 10.3. The first-order chi connectivity index (χ1) is 24.1. The van der Waals surface area contributed by atoms with Crippen molar-refractivity contribution in [2.45, 2.75) is 5.41 Å². The van der Waals surface area contributed by atoms with E-state index in [2.05, 4.69) is 84.9 Å². The van der Waals surface area contributed by atoms with Crippen LogP contribution in [0.15, 0.2) is 157 Å². The Bertz CT molecular complexity index is 2660. The number of nitrogens with zero attached hydrogens (tertiary/aromatic N) is 2. The minimum absolute atomic E-state index is 0. The Hall–Kier alpha value is -5.83. The van der Waals surface area contributed by atoms with Gasteiger partial charge in [0.25, 0.3) is 0 Å². The van der Waals surface area contributed by atoms with Crippen molar-refractivity contribution in [3.8, 4) is 45.0 Å². The van der Waals surface area contributed by atoms with Gasteiger partial charge >= 0.3 is 0 Å². The number of aliphatic imine (C=N–C) groups is 1. The Balaban J connectivity index is 0.00000336. The molecular formula is C45H28N2O2Pt. The van der Waals surface area contributed by atoms with Crippen LogP contribution in [0, 0.1) is 0 Å². The van der Waals surface area contributed by atoms with Crippen LogP contribution in [0.4, 0.5) is 5.69 Å². The van der Waals surface area contributed by atoms with Gasteiger partial charge in [-0.2, -0.15) is 0 Å². The van der Waals surface area contributed by atoms with Crippen molar-refractivity contribution in [1.82, 2.24) is 4.98 Å². The number of hydrogen-bond donors (Lipinski definition) is 2. The maximum atomic E-state index is 12.5. The van der Waals surface area contributed by atoms with Crippen molar-refractivity contribution in [2.24, 2.45) is 4.99 Å². The van der Waals surface area contributed by atoms with Crippen molar-refractivity contribution in [2.75, 3.05) is 0 Å². The van der Waals surface area contributed by atoms with Crippen molar-refractivity contribution >= 4 is 33.4 Å². The third-order valence-electron chi connectivity index (χ3n) is 10.3. The van der Waals surface area contributed by atoms with Gasteiger partial charge in [-0.1, -0.05) is 127 Å². The van der Waals surface area contributed by atoms with Gasteiger partial charge < -0.3 is 10.2 Å². The number of aromatic hydroxyl groups is 2. The summed E-state index contributed by atoms with van der Waals surface area (Å²) in [7, 11) is 0. The molecule has 10 rings (SSSR count). The molecule has 0 bridgehead atoms. The van der Waals surface area contributed by atoms with Gasteiger partial charge in [0, 0.05) is 43.0 Å². The topological polar surface area (TPSA) is 65.7 Å². The number of phenolic OH excluding ortho intramolecular Hbond substituents is 2. The largest absolute Gasteiger partial charge is 0.507 e. The molecule has 2 N–H and O–H groups in total. The van der Waals surface area contributed by atoms with E-state index in [9.17, 15) is 10.2 Å². The third kappa shape index (κ3) is 4.09. The molecular weight excluding hydrogens is 796 g/mol. The molecule has 0 amide bonds. The molecule has 8 aromatic rings. The van der Waals surface area contributed by atoms with Gasteiger partial charge in [-0.3, -0.25) is 4.99 Å². The summed E-state index contributed by atoms with van der Waals surface area (Å²) in [5.74, 6) is 0.403. The fourth-order valence-electron chi connectivity index (χ4n) is 8.39. The molecule has 4 nitrogen and oxygen atoms in total. The van der Waals surface area contributed by atoms with Crippen molar-refractivity contribution in [3.63, 3.8) is 0 Å². The average Bonchev–Trinajstić information content (AvgIpc) is 3.62. The molecule has 2 aliphatic rings. The summed E-state index contributed by atoms with van der Waals surface area (Å²) in [5, 5.41) is 26.6. The van der Waals surface area contributed by atoms with E-state index >= 15 is 0 Å². The molecule has 0 atom stereocenters. The molecule has 1 spiro atoms. The minimum Gasteiger partial charge on any atom is -0.507 e. The molecule has 0 aliphatic heterocycles. The molecule has 1 aromatic heterocycles. The number of fused-ring (bicyclic) bond motifs is 12. The molecule has 1 heterocycles. The summed E-state index contributed by atoms with van der Waals surface area (Å²) >= 11 is 0. The summed E-state index contributed by atoms with van der Waals surface area (Å²) in [6, 6.07) is 51.4. The zero-order chi connectivity index (χ0) is 32.7. The molecule has 7 aromatic carbocycles. The molecule has 240 valence electrons. The molecule has 0 saturated carbocycles. The van der Waals surface area contributed by atoms with E-state index < -0.39 is 5.41 Å². The van der Waals surface area contributed by atoms with Gasteiger partial charge in [0.15, 0.2) is 0 Å². The quantitative estimate of drug-likeness (QED) is 0.175. The SMILES string of the molecule is Oc1c(-c2nc(C=Nc3cccc4cccc(O)c34)cc3ccccc23)ccc2c1-c1ccccc1C21c2ccccc2-c2ccccc21.[Pt]. The zero-order valence-corrected chi connectivity index (χ0v) is 28.9. The van der Waals surface area contributed by atoms with Crippen LogP contribution in [0.1, 0.15) is 27.9 Å². The van der Waals surface area contributed by atoms with Gasteiger partial charge in [-0.25, -0.2) is 4.98 Å². The number of pyridine rings is 1. The fourth-order valence-corrected chi connectivity index (χ4v) is 8.39. The van der Waals surface area contributed by atoms with Gasteiger partial charge in [0.05, 0.1) is 28.7 Å². The van der Waals surface area contributed by atoms with Crippen LogP contribution in [-0.4, -0.2) is 21.4 Å². The first kappa shape index (κ1) is 30.2. The zero-order valence-electron chi connectivity index (χ0n) is 26.6. The number of rotatable bonds is 3. The minimum atomic E-state index is -0.539. The summed E-state index contributed by atoms with van der Waals surface area (Å²) < 4.78 is 0. The number of benzene rings is 7. The Morgan fingerprint density at radius 3 is 1.88 bits per heavy atom. The standard InChI is InChI=1S/C45H28N2O2.Pt/c48-40-22-10-13-27-12-9-21-39(41(27)40)46-26-29-25-28-11-1-2-14-30(28)43(47-29)34-23-24-38-42(44(34)49)33-17-5-8-20-37(33)45(38)35-18-6-3-15-31(35)32-16-4-7-19-36(32)45;/h1-26,48-49H;. The second kappa shape index (κ2) is 11.4. The molecule has 0 saturated heterocycles. The van der Waals surface area contributed by atoms with Gasteiger partial charge in [0.1, 0.15) is 11.5 Å². The Kier molecular flexibility index (Phi) is 6.88. The van der Waals surface area contributed by atoms with E-state index in [0.29, 0.717) is 28.0 Å². The van der Waals surface area contributed by atoms with E-state index in [0.717, 1.165) is 32.8 Å². The van der Waals surface area contributed by atoms with Crippen LogP contribution in [-0.2, 0) is 26.5 Å². The summed E-state index contributed by atoms with van der Waals surface area (Å²) in [5.41, 5.74) is 11.2. The normalized spacial score (nSPS) is 13.3. The molecule has 0 radical (unpaired) electrons. The monoisotopic (exact) mass is 823 g/mol. The van der Waals surface area contributed by atoms with E-state index in [1.165, 1.54) is 27.8 Å². The number of phenols is 2. The predicted molar refractivity (Wildman–Crippen MR) is 198 cm³/mol. The smallest absolute Gasteiger partial charge is 0.133 e. The van der Waals surface area contributed by atoms with E-state index in [-0.39, 0.29) is 32.6 Å². The van der Waals surface area contributed by atoms with Crippen LogP contribution < -0.4 is 0 Å². The molecule has 2 aliphatic carbocycles. The fraction of sp³-hybridized carbons (Fsp3) is 0.0222. The summed E-state index contributed by atoms with van der Waals surface area (Å²) in [6.07, 6.45) is 1.73. The van der Waals surface area contributed by atoms with Crippen molar-refractivity contribution in [3.05, 3.63) is 180 Å². The summed E-state index contributed by atoms with van der Waals surface area (Å²) in [6.45, 7) is 0. The summed E-state index contributed by atoms with van der Waals surface area (Å²) in [4.78, 5) is 9.92. The van der Waals surface area contributed by atoms with Gasteiger partial charge in [-0.05, 0) is 74.0 Å². The second-order valence-corrected chi connectivity index (χ2v) is 12.8. The second-order valence-electron chi connectivity index (χ2n) is 12.8. The molecule has 0 fully saturated rings. The van der Waals surface area contributed by atoms with Crippen LogP contribution in [0.25, 0.3) is 55.1 Å². The maximum absolute atomic E-state index is 12.5. The van der Waals surface area contributed by atoms with Crippen LogP contribution in [0.3, 0.4) is 0 Å². The van der Waals surface area contributed by atoms with Gasteiger partial charge in [0.2, 0.25) is 0 Å². The molecule has 5 heteroatoms. The van der Waals surface area contributed by atoms with E-state index in [1.807, 2.05) is 60.7 Å². The Morgan fingerprint density at radius 1 is 0.540 bits per heavy atom. The number of aromatic nitrogens is 1. The van der Waals surface area contributed by atoms with Gasteiger partial charge in [-0.15, -0.1) is 0 Å². The Labute approximate surface area is 303 Å². The maximum Gasteiger partial charge on any atom is 0.133 e. The average molecular weight is 824 g/mol. The van der Waals surface area contributed by atoms with Crippen molar-refractivity contribution in [1.29, 1.82) is 0 Å². The van der Waals surface area contributed by atoms with Crippen LogP contribution in [0.5, 0.6) is 11.5 Å². The van der Waals surface area contributed by atoms with Crippen molar-refractivity contribution < 1.29 is 31.3 Å². The van der Waals surface area contributed by atoms with Crippen LogP contribution in [0.2, 0.25) is 0 Å². The Morgan fingerprint density at radius 2 is 1.14 bits per heavy atom. The molecule has 0 unspecified atom stereocenters. The van der Waals surface area contributed by atoms with E-state index in [4.69, 9.17) is 9.98 Å². The van der Waals surface area contributed by atoms with E-state index in [1.54, 1.807) is 12.3 Å². The number of hydrogen-bond acceptors (Lipinski definition) is 4. The molecule has 50 heavy (non-hydrogen) atoms.